The SMILES string of the molecule is CCCn1c(=O)n(CC)c(=O)c2nc(C)c(C)nc21. The van der Waals surface area contributed by atoms with Crippen LogP contribution in [-0.2, 0) is 13.1 Å². The van der Waals surface area contributed by atoms with Gasteiger partial charge in [0, 0.05) is 13.1 Å². The number of aryl methyl sites for hydroxylation is 3. The number of hydrogen-bond acceptors (Lipinski definition) is 4. The quantitative estimate of drug-likeness (QED) is 0.827. The summed E-state index contributed by atoms with van der Waals surface area (Å²) in [5, 5.41) is 0. The first kappa shape index (κ1) is 13.5. The van der Waals surface area contributed by atoms with Crippen LogP contribution in [0.1, 0.15) is 31.7 Å². The van der Waals surface area contributed by atoms with Gasteiger partial charge in [-0.15, -0.1) is 0 Å². The molecular weight excluding hydrogens is 244 g/mol. The van der Waals surface area contributed by atoms with Crippen LogP contribution in [0.25, 0.3) is 11.2 Å². The maximum absolute atomic E-state index is 12.3. The zero-order valence-corrected chi connectivity index (χ0v) is 11.7. The maximum Gasteiger partial charge on any atom is 0.332 e. The fraction of sp³-hybridized carbons (Fsp3) is 0.538. The van der Waals surface area contributed by atoms with Crippen molar-refractivity contribution in [2.45, 2.75) is 47.2 Å². The summed E-state index contributed by atoms with van der Waals surface area (Å²) in [5.41, 5.74) is 1.46. The normalized spacial score (nSPS) is 11.2. The Morgan fingerprint density at radius 2 is 1.63 bits per heavy atom. The number of aromatic nitrogens is 4. The molecule has 0 amide bonds. The second-order valence-corrected chi connectivity index (χ2v) is 4.55. The van der Waals surface area contributed by atoms with E-state index in [2.05, 4.69) is 9.97 Å². The number of rotatable bonds is 3. The van der Waals surface area contributed by atoms with Gasteiger partial charge in [0.25, 0.3) is 5.56 Å². The molecule has 2 aromatic heterocycles. The number of hydrogen-bond donors (Lipinski definition) is 0. The number of fused-ring (bicyclic) bond motifs is 1. The van der Waals surface area contributed by atoms with Gasteiger partial charge >= 0.3 is 5.69 Å². The molecule has 6 heteroatoms. The molecule has 0 fully saturated rings. The molecule has 0 aliphatic heterocycles. The van der Waals surface area contributed by atoms with Crippen molar-refractivity contribution in [3.63, 3.8) is 0 Å². The van der Waals surface area contributed by atoms with Gasteiger partial charge in [0.05, 0.1) is 11.4 Å². The molecule has 6 nitrogen and oxygen atoms in total. The van der Waals surface area contributed by atoms with Crippen LogP contribution < -0.4 is 11.2 Å². The summed E-state index contributed by atoms with van der Waals surface area (Å²) in [6, 6.07) is 0. The predicted octanol–water partition coefficient (Wildman–Crippen LogP) is 1.000. The average molecular weight is 262 g/mol. The molecule has 0 bridgehead atoms. The van der Waals surface area contributed by atoms with E-state index in [9.17, 15) is 9.59 Å². The van der Waals surface area contributed by atoms with Gasteiger partial charge in [-0.1, -0.05) is 6.92 Å². The van der Waals surface area contributed by atoms with Gasteiger partial charge in [0.15, 0.2) is 11.2 Å². The Morgan fingerprint density at radius 3 is 2.21 bits per heavy atom. The highest BCUT2D eigenvalue weighted by atomic mass is 16.2. The summed E-state index contributed by atoms with van der Waals surface area (Å²) in [7, 11) is 0. The minimum absolute atomic E-state index is 0.276. The Labute approximate surface area is 110 Å². The summed E-state index contributed by atoms with van der Waals surface area (Å²) in [5.74, 6) is 0. The lowest BCUT2D eigenvalue weighted by Crippen LogP contribution is -2.40. The van der Waals surface area contributed by atoms with E-state index < -0.39 is 0 Å². The summed E-state index contributed by atoms with van der Waals surface area (Å²) in [4.78, 5) is 33.2. The first-order valence-corrected chi connectivity index (χ1v) is 6.49. The molecule has 0 radical (unpaired) electrons. The van der Waals surface area contributed by atoms with E-state index in [1.807, 2.05) is 20.8 Å². The first-order chi connectivity index (χ1) is 9.01. The Balaban J connectivity index is 3.02. The molecule has 0 atom stereocenters. The van der Waals surface area contributed by atoms with E-state index in [0.29, 0.717) is 24.4 Å². The lowest BCUT2D eigenvalue weighted by Gasteiger charge is -2.12. The molecule has 2 heterocycles. The van der Waals surface area contributed by atoms with Crippen molar-refractivity contribution < 1.29 is 0 Å². The van der Waals surface area contributed by atoms with Crippen molar-refractivity contribution in [1.29, 1.82) is 0 Å². The zero-order chi connectivity index (χ0) is 14.2. The number of nitrogens with zero attached hydrogens (tertiary/aromatic N) is 4. The molecular formula is C13H18N4O2. The van der Waals surface area contributed by atoms with Gasteiger partial charge in [-0.25, -0.2) is 14.8 Å². The van der Waals surface area contributed by atoms with Crippen molar-refractivity contribution in [1.82, 2.24) is 19.1 Å². The Bertz CT molecular complexity index is 743. The van der Waals surface area contributed by atoms with E-state index >= 15 is 0 Å². The van der Waals surface area contributed by atoms with Gasteiger partial charge in [0.1, 0.15) is 0 Å². The molecule has 2 rings (SSSR count). The van der Waals surface area contributed by atoms with Crippen molar-refractivity contribution in [3.05, 3.63) is 32.2 Å². The van der Waals surface area contributed by atoms with Gasteiger partial charge in [-0.3, -0.25) is 13.9 Å². The monoisotopic (exact) mass is 262 g/mol. The minimum Gasteiger partial charge on any atom is -0.276 e. The molecule has 0 aliphatic rings. The van der Waals surface area contributed by atoms with E-state index in [1.54, 1.807) is 11.5 Å². The molecule has 0 aromatic carbocycles. The summed E-state index contributed by atoms with van der Waals surface area (Å²) in [6.45, 7) is 8.27. The molecule has 102 valence electrons. The lowest BCUT2D eigenvalue weighted by atomic mass is 10.3. The second-order valence-electron chi connectivity index (χ2n) is 4.55. The third-order valence-corrected chi connectivity index (χ3v) is 3.22. The van der Waals surface area contributed by atoms with Crippen LogP contribution in [0, 0.1) is 13.8 Å². The van der Waals surface area contributed by atoms with E-state index in [0.717, 1.165) is 12.1 Å². The fourth-order valence-corrected chi connectivity index (χ4v) is 2.08. The second kappa shape index (κ2) is 4.95. The van der Waals surface area contributed by atoms with E-state index in [-0.39, 0.29) is 16.8 Å². The zero-order valence-electron chi connectivity index (χ0n) is 11.7. The largest absolute Gasteiger partial charge is 0.332 e. The highest BCUT2D eigenvalue weighted by molar-refractivity contribution is 5.69. The molecule has 19 heavy (non-hydrogen) atoms. The van der Waals surface area contributed by atoms with Crippen molar-refractivity contribution >= 4 is 11.2 Å². The molecule has 0 aliphatic carbocycles. The molecule has 0 spiro atoms. The topological polar surface area (TPSA) is 69.8 Å². The van der Waals surface area contributed by atoms with Crippen LogP contribution in [0.15, 0.2) is 9.59 Å². The molecule has 0 N–H and O–H groups in total. The van der Waals surface area contributed by atoms with Crippen LogP contribution >= 0.6 is 0 Å². The Hall–Kier alpha value is -1.98. The first-order valence-electron chi connectivity index (χ1n) is 6.49. The van der Waals surface area contributed by atoms with Gasteiger partial charge < -0.3 is 0 Å². The summed E-state index contributed by atoms with van der Waals surface area (Å²) in [6.07, 6.45) is 0.797. The van der Waals surface area contributed by atoms with E-state index in [1.165, 1.54) is 4.57 Å². The molecule has 0 saturated carbocycles. The third-order valence-electron chi connectivity index (χ3n) is 3.22. The fourth-order valence-electron chi connectivity index (χ4n) is 2.08. The standard InChI is InChI=1S/C13H18N4O2/c1-5-7-17-11-10(14-8(3)9(4)15-11)12(18)16(6-2)13(17)19/h5-7H2,1-4H3. The third kappa shape index (κ3) is 2.07. The highest BCUT2D eigenvalue weighted by Crippen LogP contribution is 2.07. The van der Waals surface area contributed by atoms with Crippen LogP contribution in [-0.4, -0.2) is 19.1 Å². The Kier molecular flexibility index (Phi) is 3.50. The van der Waals surface area contributed by atoms with Crippen LogP contribution in [0.5, 0.6) is 0 Å². The lowest BCUT2D eigenvalue weighted by molar-refractivity contribution is 0.576. The summed E-state index contributed by atoms with van der Waals surface area (Å²) < 4.78 is 2.75. The predicted molar refractivity (Wildman–Crippen MR) is 73.5 cm³/mol. The van der Waals surface area contributed by atoms with Crippen molar-refractivity contribution in [2.75, 3.05) is 0 Å². The van der Waals surface area contributed by atoms with Crippen molar-refractivity contribution in [3.8, 4) is 0 Å². The maximum atomic E-state index is 12.3. The summed E-state index contributed by atoms with van der Waals surface area (Å²) >= 11 is 0. The molecule has 2 aromatic rings. The highest BCUT2D eigenvalue weighted by Gasteiger charge is 2.15. The Morgan fingerprint density at radius 1 is 1.00 bits per heavy atom. The van der Waals surface area contributed by atoms with Gasteiger partial charge in [-0.05, 0) is 27.2 Å². The van der Waals surface area contributed by atoms with Crippen molar-refractivity contribution in [2.24, 2.45) is 0 Å². The average Bonchev–Trinajstić information content (AvgIpc) is 2.38. The van der Waals surface area contributed by atoms with Gasteiger partial charge in [0.2, 0.25) is 0 Å². The van der Waals surface area contributed by atoms with Gasteiger partial charge in [-0.2, -0.15) is 0 Å². The van der Waals surface area contributed by atoms with Crippen LogP contribution in [0.2, 0.25) is 0 Å². The van der Waals surface area contributed by atoms with E-state index in [4.69, 9.17) is 0 Å². The molecule has 0 saturated heterocycles. The van der Waals surface area contributed by atoms with Crippen LogP contribution in [0.4, 0.5) is 0 Å². The molecule has 0 unspecified atom stereocenters. The minimum atomic E-state index is -0.356. The smallest absolute Gasteiger partial charge is 0.276 e. The van der Waals surface area contributed by atoms with Crippen LogP contribution in [0.3, 0.4) is 0 Å².